The Labute approximate surface area is 98.8 Å². The Morgan fingerprint density at radius 3 is 2.53 bits per heavy atom. The molecular weight excluding hydrogens is 228 g/mol. The Kier molecular flexibility index (Phi) is 5.56. The number of hydrogen-bond donors (Lipinski definition) is 1. The highest BCUT2D eigenvalue weighted by molar-refractivity contribution is 5.71. The van der Waals surface area contributed by atoms with Crippen LogP contribution in [0.3, 0.4) is 0 Å². The molecule has 0 heterocycles. The molecule has 0 amide bonds. The molecule has 3 nitrogen and oxygen atoms in total. The molecule has 1 unspecified atom stereocenters. The first-order valence-corrected chi connectivity index (χ1v) is 5.37. The first kappa shape index (κ1) is 13.6. The minimum atomic E-state index is -2.58. The van der Waals surface area contributed by atoms with Gasteiger partial charge in [-0.3, -0.25) is 10.1 Å². The summed E-state index contributed by atoms with van der Waals surface area (Å²) in [5.74, 6) is -0.533. The monoisotopic (exact) mass is 243 g/mol. The Balaban J connectivity index is 2.59. The van der Waals surface area contributed by atoms with Crippen LogP contribution in [-0.4, -0.2) is 25.5 Å². The molecule has 1 N–H and O–H groups in total. The van der Waals surface area contributed by atoms with Crippen molar-refractivity contribution in [2.75, 3.05) is 13.2 Å². The van der Waals surface area contributed by atoms with Crippen LogP contribution in [0.1, 0.15) is 18.5 Å². The molecule has 5 heteroatoms. The fourth-order valence-electron chi connectivity index (χ4n) is 1.42. The van der Waals surface area contributed by atoms with E-state index in [1.54, 1.807) is 37.3 Å². The van der Waals surface area contributed by atoms with Crippen LogP contribution in [0.15, 0.2) is 30.3 Å². The molecule has 0 fully saturated rings. The van der Waals surface area contributed by atoms with Gasteiger partial charge in [0.25, 0.3) is 6.43 Å². The number of ether oxygens (including phenoxy) is 1. The molecule has 1 aromatic carbocycles. The molecule has 0 aliphatic rings. The Hall–Kier alpha value is -1.49. The van der Waals surface area contributed by atoms with Crippen LogP contribution in [0, 0.1) is 0 Å². The third kappa shape index (κ3) is 4.48. The summed E-state index contributed by atoms with van der Waals surface area (Å²) in [5.41, 5.74) is 0.451. The minimum absolute atomic E-state index is 0.224. The SMILES string of the molecule is CCOC(=O)CNC(c1ccccc1)C(F)F. The molecular formula is C12H15F2NO2. The topological polar surface area (TPSA) is 38.3 Å². The lowest BCUT2D eigenvalue weighted by Crippen LogP contribution is -2.32. The highest BCUT2D eigenvalue weighted by atomic mass is 19.3. The normalized spacial score (nSPS) is 12.5. The highest BCUT2D eigenvalue weighted by Crippen LogP contribution is 2.19. The van der Waals surface area contributed by atoms with Gasteiger partial charge in [-0.1, -0.05) is 30.3 Å². The summed E-state index contributed by atoms with van der Waals surface area (Å²) in [6.45, 7) is 1.68. The molecule has 1 aromatic rings. The highest BCUT2D eigenvalue weighted by Gasteiger charge is 2.22. The third-order valence-corrected chi connectivity index (χ3v) is 2.18. The minimum Gasteiger partial charge on any atom is -0.465 e. The van der Waals surface area contributed by atoms with Gasteiger partial charge in [0.05, 0.1) is 19.2 Å². The van der Waals surface area contributed by atoms with Crippen LogP contribution < -0.4 is 5.32 Å². The lowest BCUT2D eigenvalue weighted by molar-refractivity contribution is -0.142. The number of benzene rings is 1. The molecule has 94 valence electrons. The maximum absolute atomic E-state index is 12.8. The second-order valence-corrected chi connectivity index (χ2v) is 3.41. The molecule has 0 spiro atoms. The maximum Gasteiger partial charge on any atom is 0.319 e. The zero-order valence-corrected chi connectivity index (χ0v) is 9.53. The van der Waals surface area contributed by atoms with Gasteiger partial charge in [-0.25, -0.2) is 8.78 Å². The second kappa shape index (κ2) is 6.96. The number of rotatable bonds is 6. The lowest BCUT2D eigenvalue weighted by atomic mass is 10.1. The van der Waals surface area contributed by atoms with Gasteiger partial charge < -0.3 is 4.74 Å². The predicted octanol–water partition coefficient (Wildman–Crippen LogP) is 2.15. The van der Waals surface area contributed by atoms with Crippen LogP contribution in [-0.2, 0) is 9.53 Å². The van der Waals surface area contributed by atoms with Gasteiger partial charge in [0.15, 0.2) is 0 Å². The van der Waals surface area contributed by atoms with Crippen molar-refractivity contribution < 1.29 is 18.3 Å². The number of nitrogens with one attached hydrogen (secondary N) is 1. The number of esters is 1. The smallest absolute Gasteiger partial charge is 0.319 e. The van der Waals surface area contributed by atoms with Crippen LogP contribution in [0.4, 0.5) is 8.78 Å². The van der Waals surface area contributed by atoms with E-state index in [-0.39, 0.29) is 13.2 Å². The summed E-state index contributed by atoms with van der Waals surface area (Å²) in [4.78, 5) is 11.1. The Morgan fingerprint density at radius 2 is 2.00 bits per heavy atom. The van der Waals surface area contributed by atoms with Crippen LogP contribution >= 0.6 is 0 Å². The molecule has 1 atom stereocenters. The van der Waals surface area contributed by atoms with Crippen molar-refractivity contribution in [3.63, 3.8) is 0 Å². The largest absolute Gasteiger partial charge is 0.465 e. The molecule has 1 rings (SSSR count). The van der Waals surface area contributed by atoms with E-state index in [0.717, 1.165) is 0 Å². The third-order valence-electron chi connectivity index (χ3n) is 2.18. The van der Waals surface area contributed by atoms with E-state index in [1.807, 2.05) is 0 Å². The van der Waals surface area contributed by atoms with Crippen molar-refractivity contribution >= 4 is 5.97 Å². The molecule has 0 bridgehead atoms. The predicted molar refractivity (Wildman–Crippen MR) is 59.8 cm³/mol. The van der Waals surface area contributed by atoms with E-state index in [1.165, 1.54) is 0 Å². The second-order valence-electron chi connectivity index (χ2n) is 3.41. The average molecular weight is 243 g/mol. The Morgan fingerprint density at radius 1 is 1.35 bits per heavy atom. The first-order valence-electron chi connectivity index (χ1n) is 5.37. The summed E-state index contributed by atoms with van der Waals surface area (Å²) in [6.07, 6.45) is -2.58. The summed E-state index contributed by atoms with van der Waals surface area (Å²) in [6, 6.07) is 7.13. The quantitative estimate of drug-likeness (QED) is 0.778. The molecule has 0 saturated carbocycles. The molecule has 0 aliphatic carbocycles. The first-order chi connectivity index (χ1) is 8.15. The fraction of sp³-hybridized carbons (Fsp3) is 0.417. The van der Waals surface area contributed by atoms with Crippen LogP contribution in [0.5, 0.6) is 0 Å². The van der Waals surface area contributed by atoms with Crippen LogP contribution in [0.2, 0.25) is 0 Å². The van der Waals surface area contributed by atoms with Gasteiger partial charge in [-0.2, -0.15) is 0 Å². The van der Waals surface area contributed by atoms with Crippen molar-refractivity contribution in [2.24, 2.45) is 0 Å². The zero-order chi connectivity index (χ0) is 12.7. The van der Waals surface area contributed by atoms with Gasteiger partial charge in [-0.15, -0.1) is 0 Å². The molecule has 0 aromatic heterocycles. The summed E-state index contributed by atoms with van der Waals surface area (Å²) in [7, 11) is 0. The number of hydrogen-bond acceptors (Lipinski definition) is 3. The average Bonchev–Trinajstić information content (AvgIpc) is 2.30. The van der Waals surface area contributed by atoms with Crippen LogP contribution in [0.25, 0.3) is 0 Å². The van der Waals surface area contributed by atoms with E-state index in [2.05, 4.69) is 10.1 Å². The van der Waals surface area contributed by atoms with E-state index in [0.29, 0.717) is 5.56 Å². The van der Waals surface area contributed by atoms with Gasteiger partial charge in [0.2, 0.25) is 0 Å². The number of carbonyl (C=O) groups is 1. The Bertz CT molecular complexity index is 344. The summed E-state index contributed by atoms with van der Waals surface area (Å²) < 4.78 is 30.3. The number of alkyl halides is 2. The van der Waals surface area contributed by atoms with Gasteiger partial charge in [0, 0.05) is 0 Å². The maximum atomic E-state index is 12.8. The van der Waals surface area contributed by atoms with E-state index in [4.69, 9.17) is 0 Å². The zero-order valence-electron chi connectivity index (χ0n) is 9.53. The molecule has 0 radical (unpaired) electrons. The number of halogens is 2. The van der Waals surface area contributed by atoms with Crippen molar-refractivity contribution in [3.8, 4) is 0 Å². The van der Waals surface area contributed by atoms with Gasteiger partial charge >= 0.3 is 5.97 Å². The van der Waals surface area contributed by atoms with Crippen molar-refractivity contribution in [3.05, 3.63) is 35.9 Å². The van der Waals surface area contributed by atoms with Crippen molar-refractivity contribution in [2.45, 2.75) is 19.4 Å². The van der Waals surface area contributed by atoms with E-state index in [9.17, 15) is 13.6 Å². The van der Waals surface area contributed by atoms with Crippen molar-refractivity contribution in [1.82, 2.24) is 5.32 Å². The molecule has 0 saturated heterocycles. The van der Waals surface area contributed by atoms with E-state index < -0.39 is 18.4 Å². The fourth-order valence-corrected chi connectivity index (χ4v) is 1.42. The summed E-state index contributed by atoms with van der Waals surface area (Å²) in [5, 5.41) is 2.50. The summed E-state index contributed by atoms with van der Waals surface area (Å²) >= 11 is 0. The molecule has 17 heavy (non-hydrogen) atoms. The van der Waals surface area contributed by atoms with Gasteiger partial charge in [-0.05, 0) is 12.5 Å². The lowest BCUT2D eigenvalue weighted by Gasteiger charge is -2.17. The van der Waals surface area contributed by atoms with E-state index >= 15 is 0 Å². The van der Waals surface area contributed by atoms with Gasteiger partial charge in [0.1, 0.15) is 0 Å². The van der Waals surface area contributed by atoms with Crippen molar-refractivity contribution in [1.29, 1.82) is 0 Å². The molecule has 0 aliphatic heterocycles. The standard InChI is InChI=1S/C12H15F2NO2/c1-2-17-10(16)8-15-11(12(13)14)9-6-4-3-5-7-9/h3-7,11-12,15H,2,8H2,1H3. The number of carbonyl (C=O) groups excluding carboxylic acids is 1.